The lowest BCUT2D eigenvalue weighted by Crippen LogP contribution is -2.36. The van der Waals surface area contributed by atoms with E-state index in [0.29, 0.717) is 24.3 Å². The molecule has 2 aliphatic rings. The van der Waals surface area contributed by atoms with E-state index in [0.717, 1.165) is 49.2 Å². The highest BCUT2D eigenvalue weighted by Gasteiger charge is 2.28. The summed E-state index contributed by atoms with van der Waals surface area (Å²) in [4.78, 5) is 2.62. The van der Waals surface area contributed by atoms with Crippen LogP contribution in [0.15, 0.2) is 18.2 Å². The monoisotopic (exact) mass is 389 g/mol. The van der Waals surface area contributed by atoms with Crippen LogP contribution in [0.4, 0.5) is 11.6 Å². The molecule has 0 saturated carbocycles. The average molecular weight is 390 g/mol. The van der Waals surface area contributed by atoms with Gasteiger partial charge in [0.25, 0.3) is 0 Å². The molecule has 1 aromatic heterocycles. The number of fused-ring (bicyclic) bond motifs is 1. The van der Waals surface area contributed by atoms with Crippen molar-refractivity contribution < 1.29 is 9.47 Å². The van der Waals surface area contributed by atoms with Gasteiger partial charge in [-0.3, -0.25) is 4.90 Å². The molecule has 146 valence electrons. The van der Waals surface area contributed by atoms with Crippen LogP contribution >= 0.6 is 11.7 Å². The van der Waals surface area contributed by atoms with Crippen molar-refractivity contribution in [1.29, 1.82) is 0 Å². The van der Waals surface area contributed by atoms with Gasteiger partial charge in [-0.25, -0.2) is 0 Å². The van der Waals surface area contributed by atoms with Crippen molar-refractivity contribution in [3.8, 4) is 11.5 Å². The Kier molecular flexibility index (Phi) is 5.94. The summed E-state index contributed by atoms with van der Waals surface area (Å²) in [5.41, 5.74) is 6.99. The third-order valence-electron chi connectivity index (χ3n) is 5.22. The smallest absolute Gasteiger partial charge is 0.184 e. The first kappa shape index (κ1) is 18.3. The van der Waals surface area contributed by atoms with Gasteiger partial charge in [0.1, 0.15) is 11.5 Å². The summed E-state index contributed by atoms with van der Waals surface area (Å²) in [6, 6.07) is 6.69. The molecule has 0 bridgehead atoms. The maximum absolute atomic E-state index is 5.98. The maximum atomic E-state index is 5.98. The van der Waals surface area contributed by atoms with Crippen molar-refractivity contribution in [1.82, 2.24) is 13.6 Å². The van der Waals surface area contributed by atoms with Crippen molar-refractivity contribution >= 4 is 23.4 Å². The lowest BCUT2D eigenvalue weighted by atomic mass is 9.96. The summed E-state index contributed by atoms with van der Waals surface area (Å²) in [5, 5.41) is 3.18. The van der Waals surface area contributed by atoms with Crippen LogP contribution in [0.2, 0.25) is 0 Å². The molecule has 4 rings (SSSR count). The number of hydrogen-bond donors (Lipinski definition) is 2. The predicted molar refractivity (Wildman–Crippen MR) is 108 cm³/mol. The minimum absolute atomic E-state index is 0.458. The first-order valence-corrected chi connectivity index (χ1v) is 10.5. The Morgan fingerprint density at radius 2 is 2.15 bits per heavy atom. The first-order valence-electron chi connectivity index (χ1n) is 9.77. The molecular formula is C19H27N5O2S. The molecule has 1 aromatic carbocycles. The summed E-state index contributed by atoms with van der Waals surface area (Å²) < 4.78 is 19.9. The van der Waals surface area contributed by atoms with Crippen LogP contribution in [-0.4, -0.2) is 46.5 Å². The topological polar surface area (TPSA) is 85.5 Å². The molecule has 0 aliphatic carbocycles. The molecule has 1 atom stereocenters. The highest BCUT2D eigenvalue weighted by atomic mass is 32.1. The van der Waals surface area contributed by atoms with E-state index >= 15 is 0 Å². The number of rotatable bonds is 7. The van der Waals surface area contributed by atoms with Crippen LogP contribution in [0.25, 0.3) is 0 Å². The molecule has 1 saturated heterocycles. The molecule has 1 fully saturated rings. The van der Waals surface area contributed by atoms with Gasteiger partial charge in [-0.05, 0) is 50.6 Å². The minimum atomic E-state index is 0.458. The van der Waals surface area contributed by atoms with Crippen molar-refractivity contribution in [3.63, 3.8) is 0 Å². The average Bonchev–Trinajstić information content (AvgIpc) is 3.12. The van der Waals surface area contributed by atoms with E-state index in [9.17, 15) is 0 Å². The maximum Gasteiger partial charge on any atom is 0.184 e. The fourth-order valence-electron chi connectivity index (χ4n) is 3.84. The molecule has 0 amide bonds. The van der Waals surface area contributed by atoms with E-state index in [1.54, 1.807) is 0 Å². The number of nitrogens with zero attached hydrogens (tertiary/aromatic N) is 3. The summed E-state index contributed by atoms with van der Waals surface area (Å²) in [6.45, 7) is 4.57. The number of nitrogen functional groups attached to an aromatic ring is 1. The quantitative estimate of drug-likeness (QED) is 0.703. The van der Waals surface area contributed by atoms with E-state index in [4.69, 9.17) is 15.2 Å². The van der Waals surface area contributed by atoms with Crippen LogP contribution in [0.3, 0.4) is 0 Å². The zero-order chi connectivity index (χ0) is 18.5. The molecule has 3 heterocycles. The van der Waals surface area contributed by atoms with Gasteiger partial charge in [-0.2, -0.15) is 8.75 Å². The normalized spacial score (nSPS) is 19.9. The first-order chi connectivity index (χ1) is 13.3. The zero-order valence-corrected chi connectivity index (χ0v) is 16.3. The third-order valence-corrected chi connectivity index (χ3v) is 5.76. The number of nitrogens with one attached hydrogen (secondary N) is 1. The molecule has 2 aliphatic heterocycles. The fourth-order valence-corrected chi connectivity index (χ4v) is 4.30. The van der Waals surface area contributed by atoms with E-state index < -0.39 is 0 Å². The molecule has 1 unspecified atom stereocenters. The number of likely N-dealkylation sites (tertiary alicyclic amines) is 1. The number of piperidine rings is 1. The van der Waals surface area contributed by atoms with Crippen LogP contribution in [0, 0.1) is 0 Å². The zero-order valence-electron chi connectivity index (χ0n) is 15.5. The highest BCUT2D eigenvalue weighted by molar-refractivity contribution is 6.99. The lowest BCUT2D eigenvalue weighted by molar-refractivity contribution is 0.119. The molecule has 0 spiro atoms. The molecule has 27 heavy (non-hydrogen) atoms. The lowest BCUT2D eigenvalue weighted by Gasteiger charge is -2.38. The number of nitrogens with two attached hydrogens (primary N) is 1. The predicted octanol–water partition coefficient (Wildman–Crippen LogP) is 3.31. The van der Waals surface area contributed by atoms with Crippen LogP contribution in [0.5, 0.6) is 11.5 Å². The van der Waals surface area contributed by atoms with Gasteiger partial charge >= 0.3 is 0 Å². The van der Waals surface area contributed by atoms with Crippen LogP contribution < -0.4 is 20.5 Å². The van der Waals surface area contributed by atoms with Crippen molar-refractivity contribution in [2.75, 3.05) is 43.9 Å². The van der Waals surface area contributed by atoms with E-state index in [2.05, 4.69) is 31.1 Å². The van der Waals surface area contributed by atoms with Gasteiger partial charge < -0.3 is 20.5 Å². The summed E-state index contributed by atoms with van der Waals surface area (Å²) in [6.07, 6.45) is 5.87. The van der Waals surface area contributed by atoms with Gasteiger partial charge in [0.2, 0.25) is 0 Å². The van der Waals surface area contributed by atoms with Gasteiger partial charge in [-0.15, -0.1) is 0 Å². The molecule has 7 nitrogen and oxygen atoms in total. The number of ether oxygens (including phenoxy) is 2. The molecule has 0 radical (unpaired) electrons. The highest BCUT2D eigenvalue weighted by Crippen LogP contribution is 2.39. The summed E-state index contributed by atoms with van der Waals surface area (Å²) >= 11 is 1.12. The summed E-state index contributed by atoms with van der Waals surface area (Å²) in [7, 11) is 0. The number of hydrogen-bond acceptors (Lipinski definition) is 8. The van der Waals surface area contributed by atoms with Gasteiger partial charge in [-0.1, -0.05) is 6.42 Å². The molecule has 3 N–H and O–H groups in total. The Balaban J connectivity index is 1.32. The Labute approximate surface area is 164 Å². The van der Waals surface area contributed by atoms with Gasteiger partial charge in [0.05, 0.1) is 24.9 Å². The van der Waals surface area contributed by atoms with Gasteiger partial charge in [0.15, 0.2) is 11.6 Å². The Morgan fingerprint density at radius 3 is 2.96 bits per heavy atom. The number of anilines is 2. The number of benzene rings is 1. The van der Waals surface area contributed by atoms with E-state index in [-0.39, 0.29) is 0 Å². The molecule has 2 aromatic rings. The number of aromatic nitrogens is 2. The minimum Gasteiger partial charge on any atom is -0.494 e. The summed E-state index contributed by atoms with van der Waals surface area (Å²) in [5.74, 6) is 3.04. The van der Waals surface area contributed by atoms with E-state index in [1.165, 1.54) is 37.9 Å². The Morgan fingerprint density at radius 1 is 1.26 bits per heavy atom. The van der Waals surface area contributed by atoms with Gasteiger partial charge in [0, 0.05) is 24.6 Å². The SMILES string of the molecule is Nc1nsnc1NCCCOc1ccc2c(c1)C(N1CCCCC1)CCO2. The second-order valence-electron chi connectivity index (χ2n) is 7.08. The Hall–Kier alpha value is -2.06. The Bertz CT molecular complexity index is 747. The van der Waals surface area contributed by atoms with Crippen molar-refractivity contribution in [3.05, 3.63) is 23.8 Å². The second kappa shape index (κ2) is 8.75. The van der Waals surface area contributed by atoms with E-state index in [1.807, 2.05) is 6.07 Å². The van der Waals surface area contributed by atoms with Crippen LogP contribution in [0.1, 0.15) is 43.7 Å². The molecule has 8 heteroatoms. The third kappa shape index (κ3) is 4.44. The van der Waals surface area contributed by atoms with Crippen LogP contribution in [-0.2, 0) is 0 Å². The standard InChI is InChI=1S/C19H27N5O2S/c20-18-19(23-27-22-18)21-8-4-11-25-14-5-6-17-15(13-14)16(7-12-26-17)24-9-2-1-3-10-24/h5-6,13,16H,1-4,7-12H2,(H2,20,22)(H,21,23). The second-order valence-corrected chi connectivity index (χ2v) is 7.60. The fraction of sp³-hybridized carbons (Fsp3) is 0.579. The largest absolute Gasteiger partial charge is 0.494 e. The van der Waals surface area contributed by atoms with Crippen molar-refractivity contribution in [2.24, 2.45) is 0 Å². The molecular weight excluding hydrogens is 362 g/mol. The van der Waals surface area contributed by atoms with Crippen molar-refractivity contribution in [2.45, 2.75) is 38.1 Å².